The first kappa shape index (κ1) is 26.4. The molecule has 0 aromatic heterocycles. The molecule has 6 nitrogen and oxygen atoms in total. The lowest BCUT2D eigenvalue weighted by Crippen LogP contribution is -2.14. The van der Waals surface area contributed by atoms with Crippen LogP contribution < -0.4 is 5.73 Å². The minimum absolute atomic E-state index is 0. The van der Waals surface area contributed by atoms with Crippen LogP contribution in [0, 0.1) is 13.8 Å². The van der Waals surface area contributed by atoms with E-state index in [0.717, 1.165) is 10.5 Å². The van der Waals surface area contributed by atoms with Gasteiger partial charge in [-0.05, 0) is 32.9 Å². The predicted octanol–water partition coefficient (Wildman–Crippen LogP) is 1.75. The minimum atomic E-state index is -1.17. The summed E-state index contributed by atoms with van der Waals surface area (Å²) < 4.78 is 0.520. The number of hydrogen-bond donors (Lipinski definition) is 3. The van der Waals surface area contributed by atoms with Crippen molar-refractivity contribution < 1.29 is 21.2 Å². The summed E-state index contributed by atoms with van der Waals surface area (Å²) in [5.74, 6) is 0.453. The van der Waals surface area contributed by atoms with Crippen molar-refractivity contribution >= 4 is 34.1 Å². The lowest BCUT2D eigenvalue weighted by Gasteiger charge is -2.03. The first-order valence-electron chi connectivity index (χ1n) is 7.33. The molecule has 0 saturated heterocycles. The normalized spacial score (nSPS) is 10.2. The van der Waals surface area contributed by atoms with Gasteiger partial charge < -0.3 is 26.9 Å². The number of aliphatic hydroxyl groups is 2. The van der Waals surface area contributed by atoms with E-state index in [-0.39, 0.29) is 11.0 Å². The van der Waals surface area contributed by atoms with Gasteiger partial charge in [-0.3, -0.25) is 0 Å². The van der Waals surface area contributed by atoms with Crippen LogP contribution in [0.3, 0.4) is 0 Å². The lowest BCUT2D eigenvalue weighted by molar-refractivity contribution is -0.0228. The number of hydrogen-bond acceptors (Lipinski definition) is 4. The minimum Gasteiger partial charge on any atom is -0.412 e. The molecule has 0 unspecified atom stereocenters. The van der Waals surface area contributed by atoms with E-state index < -0.39 is 6.29 Å². The predicted molar refractivity (Wildman–Crippen MR) is 113 cm³/mol. The zero-order chi connectivity index (χ0) is 18.1. The van der Waals surface area contributed by atoms with Crippen LogP contribution in [0.15, 0.2) is 58.4 Å². The van der Waals surface area contributed by atoms with Gasteiger partial charge in [0.15, 0.2) is 4.32 Å². The summed E-state index contributed by atoms with van der Waals surface area (Å²) in [5.41, 5.74) is 9.28. The average molecular weight is 399 g/mol. The first-order valence-corrected chi connectivity index (χ1v) is 8.56. The van der Waals surface area contributed by atoms with E-state index in [4.69, 9.17) is 28.2 Å². The van der Waals surface area contributed by atoms with Crippen molar-refractivity contribution in [2.45, 2.75) is 32.0 Å². The highest BCUT2D eigenvalue weighted by Gasteiger charge is 2.02. The summed E-state index contributed by atoms with van der Waals surface area (Å²) >= 11 is 6.71. The summed E-state index contributed by atoms with van der Waals surface area (Å²) in [5, 5.41) is 15.2. The first-order chi connectivity index (χ1) is 11.3. The molecule has 0 atom stereocenters. The molecule has 8 heteroatoms. The second-order valence-electron chi connectivity index (χ2n) is 5.18. The highest BCUT2D eigenvalue weighted by Crippen LogP contribution is 2.21. The van der Waals surface area contributed by atoms with Crippen molar-refractivity contribution in [3.8, 4) is 0 Å². The standard InChI is InChI=1S/C16H16N2S2.C2H6O2.2H2O/c1-11-3-7-13(8-4-11)15(17)18-16(19)20-14-9-5-12(2)6-10-14;1-2(3)4;;/h3-10H,1-2H3,(H2,17,18,19);2-4H,1H3;2*1H2. The maximum Gasteiger partial charge on any atom is 0.166 e. The highest BCUT2D eigenvalue weighted by molar-refractivity contribution is 8.23. The van der Waals surface area contributed by atoms with Crippen molar-refractivity contribution in [2.24, 2.45) is 10.7 Å². The maximum absolute atomic E-state index is 7.61. The molecule has 2 aromatic rings. The fraction of sp³-hybridized carbons (Fsp3) is 0.222. The number of nitrogens with zero attached hydrogens (tertiary/aromatic N) is 1. The number of aliphatic imine (C=N–C) groups is 1. The Balaban J connectivity index is 0. The Kier molecular flexibility index (Phi) is 13.6. The Hall–Kier alpha value is -1.81. The SMILES string of the molecule is CC(O)O.Cc1ccc(SC(=S)/N=C(\N)c2ccc(C)cc2)cc1.O.O. The summed E-state index contributed by atoms with van der Waals surface area (Å²) in [6.45, 7) is 5.37. The molecule has 0 aliphatic rings. The van der Waals surface area contributed by atoms with E-state index in [1.807, 2.05) is 43.3 Å². The van der Waals surface area contributed by atoms with Gasteiger partial charge in [-0.1, -0.05) is 71.5 Å². The molecule has 26 heavy (non-hydrogen) atoms. The fourth-order valence-corrected chi connectivity index (χ4v) is 2.62. The van der Waals surface area contributed by atoms with E-state index in [0.29, 0.717) is 10.2 Å². The van der Waals surface area contributed by atoms with Crippen LogP contribution in [0.4, 0.5) is 0 Å². The second kappa shape index (κ2) is 13.4. The number of benzene rings is 2. The topological polar surface area (TPSA) is 142 Å². The smallest absolute Gasteiger partial charge is 0.166 e. The van der Waals surface area contributed by atoms with Gasteiger partial charge in [0.05, 0.1) is 0 Å². The van der Waals surface area contributed by atoms with Crippen LogP contribution in [0.25, 0.3) is 0 Å². The van der Waals surface area contributed by atoms with E-state index in [1.54, 1.807) is 0 Å². The van der Waals surface area contributed by atoms with Gasteiger partial charge in [0.25, 0.3) is 0 Å². The summed E-state index contributed by atoms with van der Waals surface area (Å²) in [4.78, 5) is 5.35. The number of aryl methyl sites for hydroxylation is 2. The van der Waals surface area contributed by atoms with Gasteiger partial charge in [-0.15, -0.1) is 0 Å². The molecule has 0 aliphatic heterocycles. The van der Waals surface area contributed by atoms with Crippen molar-refractivity contribution in [1.82, 2.24) is 0 Å². The lowest BCUT2D eigenvalue weighted by atomic mass is 10.1. The molecule has 0 saturated carbocycles. The molecule has 0 bridgehead atoms. The van der Waals surface area contributed by atoms with Crippen LogP contribution in [0.1, 0.15) is 23.6 Å². The molecule has 144 valence electrons. The molecule has 0 heterocycles. The third kappa shape index (κ3) is 10.9. The van der Waals surface area contributed by atoms with Crippen LogP contribution in [0.2, 0.25) is 0 Å². The molecule has 2 rings (SSSR count). The summed E-state index contributed by atoms with van der Waals surface area (Å²) in [7, 11) is 0. The number of aliphatic hydroxyl groups excluding tert-OH is 1. The highest BCUT2D eigenvalue weighted by atomic mass is 32.2. The number of thiocarbonyl (C=S) groups is 1. The summed E-state index contributed by atoms with van der Waals surface area (Å²) in [6, 6.07) is 16.1. The van der Waals surface area contributed by atoms with Gasteiger partial charge in [0, 0.05) is 10.5 Å². The number of rotatable bonds is 2. The Morgan fingerprint density at radius 1 is 0.962 bits per heavy atom. The Labute approximate surface area is 163 Å². The Morgan fingerprint density at radius 3 is 1.77 bits per heavy atom. The van der Waals surface area contributed by atoms with E-state index >= 15 is 0 Å². The van der Waals surface area contributed by atoms with Gasteiger partial charge in [-0.25, -0.2) is 4.99 Å². The van der Waals surface area contributed by atoms with E-state index in [1.165, 1.54) is 29.8 Å². The molecular formula is C18H26N2O4S2. The van der Waals surface area contributed by atoms with Gasteiger partial charge in [0.1, 0.15) is 12.1 Å². The van der Waals surface area contributed by atoms with Crippen LogP contribution in [-0.4, -0.2) is 37.6 Å². The van der Waals surface area contributed by atoms with Crippen LogP contribution >= 0.6 is 24.0 Å². The van der Waals surface area contributed by atoms with Crippen LogP contribution in [0.5, 0.6) is 0 Å². The molecule has 0 aliphatic carbocycles. The van der Waals surface area contributed by atoms with Crippen molar-refractivity contribution in [1.29, 1.82) is 0 Å². The van der Waals surface area contributed by atoms with Crippen molar-refractivity contribution in [3.05, 3.63) is 65.2 Å². The van der Waals surface area contributed by atoms with Gasteiger partial charge in [0.2, 0.25) is 0 Å². The van der Waals surface area contributed by atoms with Crippen LogP contribution in [-0.2, 0) is 0 Å². The Bertz CT molecular complexity index is 685. The van der Waals surface area contributed by atoms with E-state index in [9.17, 15) is 0 Å². The largest absolute Gasteiger partial charge is 0.412 e. The average Bonchev–Trinajstić information content (AvgIpc) is 2.49. The van der Waals surface area contributed by atoms with Crippen molar-refractivity contribution in [3.63, 3.8) is 0 Å². The summed E-state index contributed by atoms with van der Waals surface area (Å²) in [6.07, 6.45) is -1.17. The molecule has 2 aromatic carbocycles. The number of nitrogens with two attached hydrogens (primary N) is 1. The molecule has 0 fully saturated rings. The second-order valence-corrected chi connectivity index (χ2v) is 6.88. The Morgan fingerprint density at radius 2 is 1.35 bits per heavy atom. The van der Waals surface area contributed by atoms with Gasteiger partial charge in [-0.2, -0.15) is 0 Å². The third-order valence-electron chi connectivity index (χ3n) is 2.79. The van der Waals surface area contributed by atoms with E-state index in [2.05, 4.69) is 24.0 Å². The monoisotopic (exact) mass is 398 g/mol. The number of thioether (sulfide) groups is 1. The molecule has 0 amide bonds. The molecular weight excluding hydrogens is 372 g/mol. The zero-order valence-corrected chi connectivity index (χ0v) is 16.6. The third-order valence-corrected chi connectivity index (χ3v) is 3.90. The van der Waals surface area contributed by atoms with Crippen molar-refractivity contribution in [2.75, 3.05) is 0 Å². The molecule has 8 N–H and O–H groups in total. The maximum atomic E-state index is 7.61. The van der Waals surface area contributed by atoms with Gasteiger partial charge >= 0.3 is 0 Å². The zero-order valence-electron chi connectivity index (χ0n) is 14.9. The molecule has 0 spiro atoms. The fourth-order valence-electron chi connectivity index (χ4n) is 1.62. The number of amidine groups is 1. The molecule has 0 radical (unpaired) electrons. The quantitative estimate of drug-likeness (QED) is 0.232.